The number of benzene rings is 3. The third-order valence-electron chi connectivity index (χ3n) is 4.29. The Kier molecular flexibility index (Phi) is 4.38. The largest absolute Gasteiger partial charge is 0.471 e. The molecule has 0 fully saturated rings. The van der Waals surface area contributed by atoms with E-state index in [1.807, 2.05) is 41.7 Å². The third kappa shape index (κ3) is 3.24. The third-order valence-corrected chi connectivity index (χ3v) is 4.98. The van der Waals surface area contributed by atoms with Crippen molar-refractivity contribution in [2.75, 3.05) is 5.32 Å². The molecule has 0 radical (unpaired) electrons. The minimum atomic E-state index is -4.96. The molecule has 28 heavy (non-hydrogen) atoms. The summed E-state index contributed by atoms with van der Waals surface area (Å²) in [6, 6.07) is 14.2. The molecule has 4 rings (SSSR count). The summed E-state index contributed by atoms with van der Waals surface area (Å²) in [4.78, 5) is 15.6. The number of hydrogen-bond acceptors (Lipinski definition) is 3. The summed E-state index contributed by atoms with van der Waals surface area (Å²) in [6.07, 6.45) is -4.96. The predicted octanol–water partition coefficient (Wildman–Crippen LogP) is 6.22. The van der Waals surface area contributed by atoms with Gasteiger partial charge >= 0.3 is 12.1 Å². The average Bonchev–Trinajstić information content (AvgIpc) is 3.05. The smallest absolute Gasteiger partial charge is 0.436 e. The van der Waals surface area contributed by atoms with Crippen LogP contribution in [0.5, 0.6) is 0 Å². The van der Waals surface area contributed by atoms with Crippen LogP contribution in [0.1, 0.15) is 5.56 Å². The fourth-order valence-corrected chi connectivity index (χ4v) is 3.55. The van der Waals surface area contributed by atoms with Crippen LogP contribution >= 0.6 is 15.9 Å². The standard InChI is InChI=1S/C20H12BrF3N2O2/c1-10-8-11(25-19(27)20(22,23)24)9-16-17(10)28-18(26-16)14-6-2-5-13-12(14)4-3-7-15(13)21/h2-9H,1H3,(H,25,27). The molecule has 142 valence electrons. The first-order chi connectivity index (χ1) is 13.2. The van der Waals surface area contributed by atoms with Crippen molar-refractivity contribution in [2.45, 2.75) is 13.1 Å². The summed E-state index contributed by atoms with van der Waals surface area (Å²) >= 11 is 3.52. The quantitative estimate of drug-likeness (QED) is 0.396. The minimum Gasteiger partial charge on any atom is -0.436 e. The van der Waals surface area contributed by atoms with E-state index in [2.05, 4.69) is 20.9 Å². The van der Waals surface area contributed by atoms with E-state index in [0.29, 0.717) is 22.6 Å². The highest BCUT2D eigenvalue weighted by atomic mass is 79.9. The van der Waals surface area contributed by atoms with Crippen molar-refractivity contribution >= 4 is 49.4 Å². The summed E-state index contributed by atoms with van der Waals surface area (Å²) in [6.45, 7) is 1.68. The van der Waals surface area contributed by atoms with Crippen LogP contribution < -0.4 is 5.32 Å². The zero-order valence-corrected chi connectivity index (χ0v) is 16.0. The van der Waals surface area contributed by atoms with E-state index in [1.165, 1.54) is 12.1 Å². The van der Waals surface area contributed by atoms with E-state index in [-0.39, 0.29) is 5.69 Å². The number of alkyl halides is 3. The van der Waals surface area contributed by atoms with Gasteiger partial charge in [-0.1, -0.05) is 40.2 Å². The number of hydrogen-bond donors (Lipinski definition) is 1. The van der Waals surface area contributed by atoms with Crippen LogP contribution in [-0.4, -0.2) is 17.1 Å². The van der Waals surface area contributed by atoms with E-state index in [9.17, 15) is 18.0 Å². The van der Waals surface area contributed by atoms with Gasteiger partial charge in [0.15, 0.2) is 5.58 Å². The molecule has 1 heterocycles. The molecule has 0 aliphatic rings. The molecular weight excluding hydrogens is 437 g/mol. The number of fused-ring (bicyclic) bond motifs is 2. The van der Waals surface area contributed by atoms with Gasteiger partial charge in [0, 0.05) is 15.7 Å². The second-order valence-electron chi connectivity index (χ2n) is 6.25. The summed E-state index contributed by atoms with van der Waals surface area (Å²) in [5, 5.41) is 3.76. The number of oxazole rings is 1. The Morgan fingerprint density at radius 1 is 1.11 bits per heavy atom. The van der Waals surface area contributed by atoms with E-state index < -0.39 is 12.1 Å². The number of carbonyl (C=O) groups excluding carboxylic acids is 1. The first-order valence-electron chi connectivity index (χ1n) is 8.21. The molecule has 0 saturated heterocycles. The molecule has 0 saturated carbocycles. The molecule has 4 nitrogen and oxygen atoms in total. The molecule has 8 heteroatoms. The zero-order chi connectivity index (χ0) is 20.1. The molecule has 4 aromatic rings. The Hall–Kier alpha value is -2.87. The van der Waals surface area contributed by atoms with Gasteiger partial charge in [0.25, 0.3) is 0 Å². The van der Waals surface area contributed by atoms with Gasteiger partial charge in [-0.2, -0.15) is 13.2 Å². The maximum absolute atomic E-state index is 12.5. The van der Waals surface area contributed by atoms with Crippen molar-refractivity contribution < 1.29 is 22.4 Å². The monoisotopic (exact) mass is 448 g/mol. The van der Waals surface area contributed by atoms with Gasteiger partial charge in [0.1, 0.15) is 5.52 Å². The lowest BCUT2D eigenvalue weighted by Gasteiger charge is -2.08. The fourth-order valence-electron chi connectivity index (χ4n) is 3.05. The second kappa shape index (κ2) is 6.63. The fraction of sp³-hybridized carbons (Fsp3) is 0.100. The highest BCUT2D eigenvalue weighted by Crippen LogP contribution is 2.35. The number of nitrogens with one attached hydrogen (secondary N) is 1. The SMILES string of the molecule is Cc1cc(NC(=O)C(F)(F)F)cc2nc(-c3cccc4c(Br)cccc34)oc12. The van der Waals surface area contributed by atoms with E-state index in [0.717, 1.165) is 20.8 Å². The van der Waals surface area contributed by atoms with Gasteiger partial charge in [0.05, 0.1) is 0 Å². The number of aryl methyl sites for hydroxylation is 1. The molecule has 0 atom stereocenters. The van der Waals surface area contributed by atoms with Crippen LogP contribution in [-0.2, 0) is 4.79 Å². The molecule has 1 amide bonds. The van der Waals surface area contributed by atoms with E-state index in [4.69, 9.17) is 4.42 Å². The van der Waals surface area contributed by atoms with Crippen LogP contribution in [0, 0.1) is 6.92 Å². The van der Waals surface area contributed by atoms with Crippen LogP contribution in [0.2, 0.25) is 0 Å². The minimum absolute atomic E-state index is 0.00726. The molecule has 1 aromatic heterocycles. The van der Waals surface area contributed by atoms with Gasteiger partial charge in [-0.3, -0.25) is 4.79 Å². The Morgan fingerprint density at radius 2 is 1.82 bits per heavy atom. The molecule has 0 unspecified atom stereocenters. The topological polar surface area (TPSA) is 55.1 Å². The Morgan fingerprint density at radius 3 is 2.57 bits per heavy atom. The summed E-state index contributed by atoms with van der Waals surface area (Å²) in [5.74, 6) is -1.69. The first kappa shape index (κ1) is 18.5. The maximum atomic E-state index is 12.5. The number of aromatic nitrogens is 1. The number of nitrogens with zero attached hydrogens (tertiary/aromatic N) is 1. The summed E-state index contributed by atoms with van der Waals surface area (Å²) in [7, 11) is 0. The molecule has 0 aliphatic heterocycles. The lowest BCUT2D eigenvalue weighted by Crippen LogP contribution is -2.29. The van der Waals surface area contributed by atoms with E-state index >= 15 is 0 Å². The van der Waals surface area contributed by atoms with Crippen LogP contribution in [0.15, 0.2) is 57.4 Å². The Labute approximate surface area is 165 Å². The van der Waals surface area contributed by atoms with Crippen molar-refractivity contribution in [3.8, 4) is 11.5 Å². The zero-order valence-electron chi connectivity index (χ0n) is 14.4. The lowest BCUT2D eigenvalue weighted by molar-refractivity contribution is -0.167. The van der Waals surface area contributed by atoms with Crippen molar-refractivity contribution in [3.63, 3.8) is 0 Å². The maximum Gasteiger partial charge on any atom is 0.471 e. The highest BCUT2D eigenvalue weighted by molar-refractivity contribution is 9.10. The summed E-state index contributed by atoms with van der Waals surface area (Å²) < 4.78 is 44.3. The van der Waals surface area contributed by atoms with Crippen molar-refractivity contribution in [3.05, 3.63) is 58.6 Å². The predicted molar refractivity (Wildman–Crippen MR) is 104 cm³/mol. The first-order valence-corrected chi connectivity index (χ1v) is 9.00. The molecular formula is C20H12BrF3N2O2. The average molecular weight is 449 g/mol. The normalized spacial score (nSPS) is 11.9. The van der Waals surface area contributed by atoms with Gasteiger partial charge < -0.3 is 9.73 Å². The molecule has 3 aromatic carbocycles. The van der Waals surface area contributed by atoms with Crippen LogP contribution in [0.3, 0.4) is 0 Å². The van der Waals surface area contributed by atoms with Gasteiger partial charge in [-0.05, 0) is 47.5 Å². The van der Waals surface area contributed by atoms with Gasteiger partial charge in [0.2, 0.25) is 5.89 Å². The van der Waals surface area contributed by atoms with Crippen LogP contribution in [0.25, 0.3) is 33.3 Å². The van der Waals surface area contributed by atoms with Crippen LogP contribution in [0.4, 0.5) is 18.9 Å². The number of anilines is 1. The van der Waals surface area contributed by atoms with E-state index in [1.54, 1.807) is 6.92 Å². The Balaban J connectivity index is 1.82. The number of halogens is 4. The Bertz CT molecular complexity index is 1230. The van der Waals surface area contributed by atoms with Gasteiger partial charge in [-0.25, -0.2) is 4.98 Å². The highest BCUT2D eigenvalue weighted by Gasteiger charge is 2.38. The molecule has 0 bridgehead atoms. The molecule has 0 aliphatic carbocycles. The lowest BCUT2D eigenvalue weighted by atomic mass is 10.0. The summed E-state index contributed by atoms with van der Waals surface area (Å²) in [5.41, 5.74) is 2.14. The van der Waals surface area contributed by atoms with Crippen molar-refractivity contribution in [2.24, 2.45) is 0 Å². The van der Waals surface area contributed by atoms with Crippen molar-refractivity contribution in [1.82, 2.24) is 4.98 Å². The number of rotatable bonds is 2. The number of carbonyl (C=O) groups is 1. The molecule has 0 spiro atoms. The second-order valence-corrected chi connectivity index (χ2v) is 7.11. The van der Waals surface area contributed by atoms with Gasteiger partial charge in [-0.15, -0.1) is 0 Å². The van der Waals surface area contributed by atoms with Crippen molar-refractivity contribution in [1.29, 1.82) is 0 Å². The molecule has 1 N–H and O–H groups in total. The number of amides is 1.